The van der Waals surface area contributed by atoms with Gasteiger partial charge >= 0.3 is 0 Å². The summed E-state index contributed by atoms with van der Waals surface area (Å²) in [6.07, 6.45) is 2.49. The number of aromatic hydroxyl groups is 1. The number of fused-ring (bicyclic) bond motifs is 1. The lowest BCUT2D eigenvalue weighted by Crippen LogP contribution is -2.17. The van der Waals surface area contributed by atoms with Crippen LogP contribution in [-0.2, 0) is 6.42 Å². The van der Waals surface area contributed by atoms with Gasteiger partial charge in [0, 0.05) is 17.5 Å². The molecule has 1 atom stereocenters. The van der Waals surface area contributed by atoms with Crippen molar-refractivity contribution in [1.29, 1.82) is 0 Å². The lowest BCUT2D eigenvalue weighted by molar-refractivity contribution is 0.474. The van der Waals surface area contributed by atoms with Gasteiger partial charge in [0.2, 0.25) is 0 Å². The van der Waals surface area contributed by atoms with E-state index < -0.39 is 0 Å². The van der Waals surface area contributed by atoms with Crippen LogP contribution in [0.5, 0.6) is 5.75 Å². The molecule has 3 nitrogen and oxygen atoms in total. The molecule has 1 unspecified atom stereocenters. The average molecular weight is 191 g/mol. The van der Waals surface area contributed by atoms with Crippen LogP contribution in [0.2, 0.25) is 0 Å². The normalized spacial score (nSPS) is 13.3. The van der Waals surface area contributed by atoms with Crippen LogP contribution in [0.1, 0.15) is 12.5 Å². The van der Waals surface area contributed by atoms with Crippen LogP contribution >= 0.6 is 0 Å². The van der Waals surface area contributed by atoms with E-state index in [0.29, 0.717) is 5.58 Å². The predicted molar refractivity (Wildman–Crippen MR) is 55.2 cm³/mol. The van der Waals surface area contributed by atoms with Crippen molar-refractivity contribution in [3.8, 4) is 5.75 Å². The molecule has 0 aliphatic carbocycles. The standard InChI is InChI=1S/C11H13NO2/c1-7(12)4-8-6-14-11-5-9(13)2-3-10(8)11/h2-3,5-7,13H,4,12H2,1H3. The molecular weight excluding hydrogens is 178 g/mol. The monoisotopic (exact) mass is 191 g/mol. The van der Waals surface area contributed by atoms with Gasteiger partial charge < -0.3 is 15.3 Å². The van der Waals surface area contributed by atoms with Gasteiger partial charge in [-0.3, -0.25) is 0 Å². The van der Waals surface area contributed by atoms with Crippen molar-refractivity contribution < 1.29 is 9.52 Å². The summed E-state index contributed by atoms with van der Waals surface area (Å²) in [5.41, 5.74) is 7.52. The Morgan fingerprint density at radius 1 is 1.50 bits per heavy atom. The summed E-state index contributed by atoms with van der Waals surface area (Å²) in [5.74, 6) is 0.221. The first-order valence-electron chi connectivity index (χ1n) is 4.61. The molecule has 0 saturated heterocycles. The van der Waals surface area contributed by atoms with E-state index in [1.807, 2.05) is 13.0 Å². The van der Waals surface area contributed by atoms with Gasteiger partial charge in [-0.25, -0.2) is 0 Å². The van der Waals surface area contributed by atoms with Crippen molar-refractivity contribution in [1.82, 2.24) is 0 Å². The molecule has 0 fully saturated rings. The molecule has 0 radical (unpaired) electrons. The van der Waals surface area contributed by atoms with Gasteiger partial charge in [0.1, 0.15) is 11.3 Å². The van der Waals surface area contributed by atoms with Crippen LogP contribution in [0, 0.1) is 0 Å². The molecule has 0 aliphatic rings. The topological polar surface area (TPSA) is 59.4 Å². The Bertz CT molecular complexity index is 445. The zero-order chi connectivity index (χ0) is 10.1. The lowest BCUT2D eigenvalue weighted by Gasteiger charge is -2.01. The van der Waals surface area contributed by atoms with Crippen molar-refractivity contribution in [3.63, 3.8) is 0 Å². The Morgan fingerprint density at radius 3 is 3.00 bits per heavy atom. The Balaban J connectivity index is 2.47. The number of hydrogen-bond donors (Lipinski definition) is 2. The molecule has 0 saturated carbocycles. The van der Waals surface area contributed by atoms with Crippen LogP contribution < -0.4 is 5.73 Å². The van der Waals surface area contributed by atoms with E-state index in [9.17, 15) is 5.11 Å². The molecular formula is C11H13NO2. The van der Waals surface area contributed by atoms with Crippen LogP contribution in [0.3, 0.4) is 0 Å². The Hall–Kier alpha value is -1.48. The van der Waals surface area contributed by atoms with Gasteiger partial charge in [0.25, 0.3) is 0 Å². The zero-order valence-electron chi connectivity index (χ0n) is 8.03. The highest BCUT2D eigenvalue weighted by Gasteiger charge is 2.07. The molecule has 3 heteroatoms. The smallest absolute Gasteiger partial charge is 0.137 e. The third kappa shape index (κ3) is 1.59. The molecule has 2 aromatic rings. The third-order valence-electron chi connectivity index (χ3n) is 2.18. The highest BCUT2D eigenvalue weighted by atomic mass is 16.3. The number of benzene rings is 1. The number of rotatable bonds is 2. The minimum absolute atomic E-state index is 0.115. The van der Waals surface area contributed by atoms with E-state index >= 15 is 0 Å². The van der Waals surface area contributed by atoms with Gasteiger partial charge in [-0.2, -0.15) is 0 Å². The fourth-order valence-corrected chi connectivity index (χ4v) is 1.58. The first-order chi connectivity index (χ1) is 6.66. The highest BCUT2D eigenvalue weighted by Crippen LogP contribution is 2.25. The van der Waals surface area contributed by atoms with E-state index in [2.05, 4.69) is 0 Å². The number of nitrogens with two attached hydrogens (primary N) is 1. The molecule has 1 aromatic carbocycles. The fourth-order valence-electron chi connectivity index (χ4n) is 1.58. The maximum Gasteiger partial charge on any atom is 0.137 e. The molecule has 0 bridgehead atoms. The zero-order valence-corrected chi connectivity index (χ0v) is 8.03. The summed E-state index contributed by atoms with van der Waals surface area (Å²) in [4.78, 5) is 0. The molecule has 2 rings (SSSR count). The largest absolute Gasteiger partial charge is 0.508 e. The SMILES string of the molecule is CC(N)Cc1coc2cc(O)ccc12. The Morgan fingerprint density at radius 2 is 2.29 bits per heavy atom. The molecule has 74 valence electrons. The van der Waals surface area contributed by atoms with Crippen LogP contribution in [0.25, 0.3) is 11.0 Å². The molecule has 1 heterocycles. The fraction of sp³-hybridized carbons (Fsp3) is 0.273. The van der Waals surface area contributed by atoms with Crippen molar-refractivity contribution in [2.75, 3.05) is 0 Å². The minimum atomic E-state index is 0.115. The van der Waals surface area contributed by atoms with Crippen molar-refractivity contribution >= 4 is 11.0 Å². The first-order valence-corrected chi connectivity index (χ1v) is 4.61. The summed E-state index contributed by atoms with van der Waals surface area (Å²) in [5, 5.41) is 10.3. The second-order valence-corrected chi connectivity index (χ2v) is 3.62. The van der Waals surface area contributed by atoms with Crippen molar-refractivity contribution in [2.24, 2.45) is 5.73 Å². The Kier molecular flexibility index (Phi) is 2.17. The minimum Gasteiger partial charge on any atom is -0.508 e. The number of hydrogen-bond acceptors (Lipinski definition) is 3. The van der Waals surface area contributed by atoms with Crippen molar-refractivity contribution in [3.05, 3.63) is 30.0 Å². The molecule has 0 spiro atoms. The predicted octanol–water partition coefficient (Wildman–Crippen LogP) is 2.03. The average Bonchev–Trinajstić information content (AvgIpc) is 2.47. The summed E-state index contributed by atoms with van der Waals surface area (Å²) in [6, 6.07) is 5.23. The van der Waals surface area contributed by atoms with E-state index in [1.54, 1.807) is 18.4 Å². The number of phenolic OH excluding ortho intramolecular Hbond substituents is 1. The van der Waals surface area contributed by atoms with Gasteiger partial charge in [-0.1, -0.05) is 0 Å². The van der Waals surface area contributed by atoms with Gasteiger partial charge in [0.15, 0.2) is 0 Å². The summed E-state index contributed by atoms with van der Waals surface area (Å²) in [7, 11) is 0. The summed E-state index contributed by atoms with van der Waals surface area (Å²) in [6.45, 7) is 1.96. The van der Waals surface area contributed by atoms with E-state index in [-0.39, 0.29) is 11.8 Å². The molecule has 0 amide bonds. The van der Waals surface area contributed by atoms with Crippen LogP contribution in [0.15, 0.2) is 28.9 Å². The van der Waals surface area contributed by atoms with E-state index in [1.165, 1.54) is 0 Å². The highest BCUT2D eigenvalue weighted by molar-refractivity contribution is 5.82. The maximum atomic E-state index is 9.24. The Labute approximate surface area is 82.1 Å². The number of furan rings is 1. The van der Waals surface area contributed by atoms with Crippen LogP contribution in [0.4, 0.5) is 0 Å². The second kappa shape index (κ2) is 3.35. The van der Waals surface area contributed by atoms with Gasteiger partial charge in [0.05, 0.1) is 6.26 Å². The van der Waals surface area contributed by atoms with Crippen molar-refractivity contribution in [2.45, 2.75) is 19.4 Å². The summed E-state index contributed by atoms with van der Waals surface area (Å²) < 4.78 is 5.32. The van der Waals surface area contributed by atoms with Gasteiger partial charge in [-0.05, 0) is 31.0 Å². The molecule has 1 aromatic heterocycles. The van der Waals surface area contributed by atoms with E-state index in [4.69, 9.17) is 10.2 Å². The molecule has 14 heavy (non-hydrogen) atoms. The second-order valence-electron chi connectivity index (χ2n) is 3.62. The maximum absolute atomic E-state index is 9.24. The van der Waals surface area contributed by atoms with Crippen LogP contribution in [-0.4, -0.2) is 11.1 Å². The van der Waals surface area contributed by atoms with E-state index in [0.717, 1.165) is 17.4 Å². The van der Waals surface area contributed by atoms with Gasteiger partial charge in [-0.15, -0.1) is 0 Å². The molecule has 3 N–H and O–H groups in total. The lowest BCUT2D eigenvalue weighted by atomic mass is 10.1. The quantitative estimate of drug-likeness (QED) is 0.763. The third-order valence-corrected chi connectivity index (χ3v) is 2.18. The first kappa shape index (κ1) is 9.09. The summed E-state index contributed by atoms with van der Waals surface area (Å²) >= 11 is 0. The molecule has 0 aliphatic heterocycles. The number of phenols is 1.